The first-order chi connectivity index (χ1) is 12.1. The molecule has 140 valence electrons. The van der Waals surface area contributed by atoms with Gasteiger partial charge < -0.3 is 15.4 Å². The highest BCUT2D eigenvalue weighted by Gasteiger charge is 2.14. The first-order valence-electron chi connectivity index (χ1n) is 9.19. The number of ether oxygens (including phenoxy) is 1. The number of guanidine groups is 1. The molecule has 2 unspecified atom stereocenters. The predicted molar refractivity (Wildman–Crippen MR) is 105 cm³/mol. The quantitative estimate of drug-likeness (QED) is 0.575. The number of benzene rings is 1. The van der Waals surface area contributed by atoms with E-state index in [2.05, 4.69) is 42.4 Å². The maximum Gasteiger partial charge on any atom is 0.191 e. The SMILES string of the molecule is CCNC(=NCC(C)CN1CCOCC1)NC(C)c1cccc(Cl)c1. The van der Waals surface area contributed by atoms with Crippen LogP contribution in [0.15, 0.2) is 29.3 Å². The normalized spacial score (nSPS) is 18.6. The van der Waals surface area contributed by atoms with Crippen LogP contribution in [0.1, 0.15) is 32.4 Å². The Balaban J connectivity index is 1.88. The van der Waals surface area contributed by atoms with Crippen molar-refractivity contribution in [1.82, 2.24) is 15.5 Å². The minimum Gasteiger partial charge on any atom is -0.379 e. The molecule has 2 N–H and O–H groups in total. The van der Waals surface area contributed by atoms with Gasteiger partial charge in [-0.3, -0.25) is 9.89 Å². The van der Waals surface area contributed by atoms with Gasteiger partial charge in [0.1, 0.15) is 0 Å². The van der Waals surface area contributed by atoms with E-state index in [1.807, 2.05) is 18.2 Å². The Morgan fingerprint density at radius 2 is 2.08 bits per heavy atom. The number of morpholine rings is 1. The predicted octanol–water partition coefficient (Wildman–Crippen LogP) is 2.92. The molecule has 0 spiro atoms. The average Bonchev–Trinajstić information content (AvgIpc) is 2.60. The van der Waals surface area contributed by atoms with Gasteiger partial charge in [0.15, 0.2) is 5.96 Å². The molecule has 0 amide bonds. The molecule has 0 aromatic heterocycles. The fourth-order valence-corrected chi connectivity index (χ4v) is 3.11. The van der Waals surface area contributed by atoms with Crippen LogP contribution in [0.25, 0.3) is 0 Å². The van der Waals surface area contributed by atoms with Gasteiger partial charge in [-0.25, -0.2) is 0 Å². The standard InChI is InChI=1S/C19H31ClN4O/c1-4-21-19(23-16(3)17-6-5-7-18(20)12-17)22-13-15(2)14-24-8-10-25-11-9-24/h5-7,12,15-16H,4,8-11,13-14H2,1-3H3,(H2,21,22,23). The largest absolute Gasteiger partial charge is 0.379 e. The van der Waals surface area contributed by atoms with E-state index in [0.717, 1.165) is 62.5 Å². The number of halogens is 1. The van der Waals surface area contributed by atoms with Gasteiger partial charge in [-0.05, 0) is 37.5 Å². The lowest BCUT2D eigenvalue weighted by atomic mass is 10.1. The summed E-state index contributed by atoms with van der Waals surface area (Å²) in [4.78, 5) is 7.23. The molecule has 2 atom stereocenters. The Morgan fingerprint density at radius 3 is 2.76 bits per heavy atom. The van der Waals surface area contributed by atoms with Crippen LogP contribution in [0.2, 0.25) is 5.02 Å². The molecule has 0 aliphatic carbocycles. The van der Waals surface area contributed by atoms with Crippen LogP contribution in [0.4, 0.5) is 0 Å². The van der Waals surface area contributed by atoms with Crippen LogP contribution >= 0.6 is 11.6 Å². The molecule has 5 nitrogen and oxygen atoms in total. The third kappa shape index (κ3) is 7.22. The summed E-state index contributed by atoms with van der Waals surface area (Å²) in [5.74, 6) is 1.36. The summed E-state index contributed by atoms with van der Waals surface area (Å²) >= 11 is 6.09. The third-order valence-electron chi connectivity index (χ3n) is 4.28. The summed E-state index contributed by atoms with van der Waals surface area (Å²) in [7, 11) is 0. The van der Waals surface area contributed by atoms with Gasteiger partial charge in [-0.2, -0.15) is 0 Å². The minimum atomic E-state index is 0.144. The van der Waals surface area contributed by atoms with E-state index < -0.39 is 0 Å². The summed E-state index contributed by atoms with van der Waals surface area (Å²) < 4.78 is 5.41. The van der Waals surface area contributed by atoms with Crippen molar-refractivity contribution in [2.45, 2.75) is 26.8 Å². The van der Waals surface area contributed by atoms with Gasteiger partial charge in [0.05, 0.1) is 19.3 Å². The topological polar surface area (TPSA) is 48.9 Å². The summed E-state index contributed by atoms with van der Waals surface area (Å²) in [6.45, 7) is 12.9. The van der Waals surface area contributed by atoms with Crippen LogP contribution in [-0.4, -0.2) is 56.8 Å². The van der Waals surface area contributed by atoms with Crippen molar-refractivity contribution in [1.29, 1.82) is 0 Å². The van der Waals surface area contributed by atoms with Crippen LogP contribution in [-0.2, 0) is 4.74 Å². The van der Waals surface area contributed by atoms with Gasteiger partial charge in [0.2, 0.25) is 0 Å². The molecule has 0 saturated carbocycles. The molecular weight excluding hydrogens is 336 g/mol. The Morgan fingerprint density at radius 1 is 1.32 bits per heavy atom. The van der Waals surface area contributed by atoms with E-state index >= 15 is 0 Å². The highest BCUT2D eigenvalue weighted by atomic mass is 35.5. The zero-order valence-corrected chi connectivity index (χ0v) is 16.4. The van der Waals surface area contributed by atoms with E-state index in [9.17, 15) is 0 Å². The molecule has 1 aliphatic rings. The first-order valence-corrected chi connectivity index (χ1v) is 9.56. The summed E-state index contributed by atoms with van der Waals surface area (Å²) in [6.07, 6.45) is 0. The van der Waals surface area contributed by atoms with E-state index in [4.69, 9.17) is 21.3 Å². The smallest absolute Gasteiger partial charge is 0.191 e. The Bertz CT molecular complexity index is 546. The summed E-state index contributed by atoms with van der Waals surface area (Å²) in [5, 5.41) is 7.55. The minimum absolute atomic E-state index is 0.144. The van der Waals surface area contributed by atoms with E-state index in [-0.39, 0.29) is 6.04 Å². The fourth-order valence-electron chi connectivity index (χ4n) is 2.91. The van der Waals surface area contributed by atoms with E-state index in [1.165, 1.54) is 0 Å². The van der Waals surface area contributed by atoms with Crippen LogP contribution < -0.4 is 10.6 Å². The maximum absolute atomic E-state index is 6.09. The molecule has 1 aromatic rings. The Labute approximate surface area is 156 Å². The zero-order valence-electron chi connectivity index (χ0n) is 15.6. The number of aliphatic imine (C=N–C) groups is 1. The maximum atomic E-state index is 6.09. The lowest BCUT2D eigenvalue weighted by Crippen LogP contribution is -2.41. The second kappa shape index (κ2) is 10.6. The molecule has 0 bridgehead atoms. The molecule has 25 heavy (non-hydrogen) atoms. The number of hydrogen-bond donors (Lipinski definition) is 2. The monoisotopic (exact) mass is 366 g/mol. The van der Waals surface area contributed by atoms with Gasteiger partial charge >= 0.3 is 0 Å². The number of hydrogen-bond acceptors (Lipinski definition) is 3. The van der Waals surface area contributed by atoms with Crippen molar-refractivity contribution in [3.05, 3.63) is 34.9 Å². The van der Waals surface area contributed by atoms with Crippen LogP contribution in [0.3, 0.4) is 0 Å². The molecule has 1 saturated heterocycles. The van der Waals surface area contributed by atoms with Crippen LogP contribution in [0, 0.1) is 5.92 Å². The molecule has 1 aromatic carbocycles. The van der Waals surface area contributed by atoms with E-state index in [1.54, 1.807) is 0 Å². The average molecular weight is 367 g/mol. The van der Waals surface area contributed by atoms with Gasteiger partial charge in [-0.15, -0.1) is 0 Å². The molecular formula is C19H31ClN4O. The number of nitrogens with zero attached hydrogens (tertiary/aromatic N) is 2. The lowest BCUT2D eigenvalue weighted by Gasteiger charge is -2.28. The third-order valence-corrected chi connectivity index (χ3v) is 4.52. The molecule has 1 heterocycles. The van der Waals surface area contributed by atoms with Crippen molar-refractivity contribution in [3.63, 3.8) is 0 Å². The lowest BCUT2D eigenvalue weighted by molar-refractivity contribution is 0.0323. The second-order valence-electron chi connectivity index (χ2n) is 6.66. The summed E-state index contributed by atoms with van der Waals surface area (Å²) in [5.41, 5.74) is 1.15. The van der Waals surface area contributed by atoms with Crippen molar-refractivity contribution >= 4 is 17.6 Å². The molecule has 6 heteroatoms. The van der Waals surface area contributed by atoms with Crippen molar-refractivity contribution in [2.75, 3.05) is 45.9 Å². The first kappa shape index (κ1) is 20.0. The molecule has 0 radical (unpaired) electrons. The van der Waals surface area contributed by atoms with Gasteiger partial charge in [0.25, 0.3) is 0 Å². The number of rotatable bonds is 7. The highest BCUT2D eigenvalue weighted by molar-refractivity contribution is 6.30. The summed E-state index contributed by atoms with van der Waals surface area (Å²) in [6, 6.07) is 8.08. The Hall–Kier alpha value is -1.30. The van der Waals surface area contributed by atoms with Crippen LogP contribution in [0.5, 0.6) is 0 Å². The van der Waals surface area contributed by atoms with E-state index in [0.29, 0.717) is 5.92 Å². The fraction of sp³-hybridized carbons (Fsp3) is 0.632. The van der Waals surface area contributed by atoms with Gasteiger partial charge in [0, 0.05) is 37.7 Å². The van der Waals surface area contributed by atoms with Gasteiger partial charge in [-0.1, -0.05) is 30.7 Å². The number of nitrogens with one attached hydrogen (secondary N) is 2. The van der Waals surface area contributed by atoms with Crippen molar-refractivity contribution in [2.24, 2.45) is 10.9 Å². The highest BCUT2D eigenvalue weighted by Crippen LogP contribution is 2.17. The Kier molecular flexibility index (Phi) is 8.52. The zero-order chi connectivity index (χ0) is 18.1. The molecule has 1 fully saturated rings. The second-order valence-corrected chi connectivity index (χ2v) is 7.10. The molecule has 2 rings (SSSR count). The van der Waals surface area contributed by atoms with Crippen molar-refractivity contribution in [3.8, 4) is 0 Å². The van der Waals surface area contributed by atoms with Crippen molar-refractivity contribution < 1.29 is 4.74 Å². The molecule has 1 aliphatic heterocycles.